The first-order valence-electron chi connectivity index (χ1n) is 9.42. The number of methoxy groups -OCH3 is 1. The number of benzene rings is 2. The topological polar surface area (TPSA) is 41.6 Å². The van der Waals surface area contributed by atoms with Crippen molar-refractivity contribution in [2.45, 2.75) is 25.2 Å². The molecule has 2 aromatic carbocycles. The van der Waals surface area contributed by atoms with E-state index in [0.717, 1.165) is 30.8 Å². The number of rotatable bonds is 7. The van der Waals surface area contributed by atoms with Gasteiger partial charge in [-0.2, -0.15) is 0 Å². The number of hydrogen-bond donors (Lipinski definition) is 1. The molecule has 0 saturated heterocycles. The number of allylic oxidation sites excluding steroid dienone is 2. The summed E-state index contributed by atoms with van der Waals surface area (Å²) in [7, 11) is 5.74. The Labute approximate surface area is 161 Å². The molecule has 0 fully saturated rings. The second-order valence-electron chi connectivity index (χ2n) is 7.25. The third kappa shape index (κ3) is 5.13. The number of ketones is 1. The fourth-order valence-electron chi connectivity index (χ4n) is 3.46. The van der Waals surface area contributed by atoms with Crippen molar-refractivity contribution in [3.8, 4) is 5.75 Å². The Bertz CT molecular complexity index is 792. The van der Waals surface area contributed by atoms with Crippen molar-refractivity contribution >= 4 is 11.5 Å². The van der Waals surface area contributed by atoms with Crippen molar-refractivity contribution in [3.63, 3.8) is 0 Å². The SMILES string of the molecule is COc1ccc(CCNC2=CC(=O)C[C@@H](c3ccc(N(C)C)cc3)C2)cc1. The molecule has 0 spiro atoms. The summed E-state index contributed by atoms with van der Waals surface area (Å²) >= 11 is 0. The molecule has 3 rings (SSSR count). The van der Waals surface area contributed by atoms with E-state index in [2.05, 4.69) is 46.6 Å². The Kier molecular flexibility index (Phi) is 6.17. The summed E-state index contributed by atoms with van der Waals surface area (Å²) in [5.74, 6) is 1.33. The second-order valence-corrected chi connectivity index (χ2v) is 7.25. The van der Waals surface area contributed by atoms with Crippen LogP contribution in [0.15, 0.2) is 60.3 Å². The highest BCUT2D eigenvalue weighted by Crippen LogP contribution is 2.31. The minimum atomic E-state index is 0.204. The van der Waals surface area contributed by atoms with Gasteiger partial charge in [0.05, 0.1) is 7.11 Å². The van der Waals surface area contributed by atoms with Crippen molar-refractivity contribution < 1.29 is 9.53 Å². The molecule has 1 aliphatic carbocycles. The van der Waals surface area contributed by atoms with E-state index in [1.54, 1.807) is 13.2 Å². The van der Waals surface area contributed by atoms with Crippen LogP contribution >= 0.6 is 0 Å². The maximum absolute atomic E-state index is 12.2. The third-order valence-corrected chi connectivity index (χ3v) is 5.05. The fraction of sp³-hybridized carbons (Fsp3) is 0.348. The van der Waals surface area contributed by atoms with Crippen LogP contribution in [0.4, 0.5) is 5.69 Å². The van der Waals surface area contributed by atoms with Gasteiger partial charge in [-0.1, -0.05) is 24.3 Å². The van der Waals surface area contributed by atoms with Gasteiger partial charge in [-0.05, 0) is 54.2 Å². The van der Waals surface area contributed by atoms with E-state index >= 15 is 0 Å². The van der Waals surface area contributed by atoms with E-state index in [1.165, 1.54) is 16.8 Å². The van der Waals surface area contributed by atoms with Crippen LogP contribution in [0.3, 0.4) is 0 Å². The number of carbonyl (C=O) groups is 1. The molecular weight excluding hydrogens is 336 g/mol. The third-order valence-electron chi connectivity index (χ3n) is 5.05. The van der Waals surface area contributed by atoms with Crippen molar-refractivity contribution in [1.29, 1.82) is 0 Å². The lowest BCUT2D eigenvalue weighted by Crippen LogP contribution is -2.23. The van der Waals surface area contributed by atoms with E-state index in [4.69, 9.17) is 4.74 Å². The van der Waals surface area contributed by atoms with Crippen LogP contribution in [-0.4, -0.2) is 33.5 Å². The Morgan fingerprint density at radius 1 is 1.04 bits per heavy atom. The summed E-state index contributed by atoms with van der Waals surface area (Å²) in [6, 6.07) is 16.6. The first-order valence-corrected chi connectivity index (χ1v) is 9.42. The van der Waals surface area contributed by atoms with Gasteiger partial charge in [0.1, 0.15) is 5.75 Å². The van der Waals surface area contributed by atoms with Gasteiger partial charge in [-0.3, -0.25) is 4.79 Å². The first-order chi connectivity index (χ1) is 13.0. The van der Waals surface area contributed by atoms with Gasteiger partial charge in [0.25, 0.3) is 0 Å². The quantitative estimate of drug-likeness (QED) is 0.808. The molecule has 0 aliphatic heterocycles. The predicted octanol–water partition coefficient (Wildman–Crippen LogP) is 3.92. The second kappa shape index (κ2) is 8.76. The van der Waals surface area contributed by atoms with Gasteiger partial charge in [-0.15, -0.1) is 0 Å². The zero-order valence-corrected chi connectivity index (χ0v) is 16.4. The van der Waals surface area contributed by atoms with E-state index in [9.17, 15) is 4.79 Å². The molecule has 1 N–H and O–H groups in total. The van der Waals surface area contributed by atoms with E-state index in [0.29, 0.717) is 6.42 Å². The number of carbonyl (C=O) groups excluding carboxylic acids is 1. The molecule has 0 heterocycles. The zero-order chi connectivity index (χ0) is 19.2. The Morgan fingerprint density at radius 2 is 1.74 bits per heavy atom. The van der Waals surface area contributed by atoms with Crippen LogP contribution in [0.5, 0.6) is 5.75 Å². The molecule has 142 valence electrons. The van der Waals surface area contributed by atoms with Crippen LogP contribution in [0.1, 0.15) is 29.9 Å². The highest BCUT2D eigenvalue weighted by Gasteiger charge is 2.22. The Balaban J connectivity index is 1.56. The zero-order valence-electron chi connectivity index (χ0n) is 16.4. The summed E-state index contributed by atoms with van der Waals surface area (Å²) < 4.78 is 5.19. The summed E-state index contributed by atoms with van der Waals surface area (Å²) in [5.41, 5.74) is 4.70. The average molecular weight is 364 g/mol. The molecule has 4 nitrogen and oxygen atoms in total. The predicted molar refractivity (Wildman–Crippen MR) is 111 cm³/mol. The molecule has 0 radical (unpaired) electrons. The van der Waals surface area contributed by atoms with Crippen LogP contribution in [0, 0.1) is 0 Å². The highest BCUT2D eigenvalue weighted by molar-refractivity contribution is 5.92. The smallest absolute Gasteiger partial charge is 0.158 e. The van der Waals surface area contributed by atoms with Gasteiger partial charge in [0, 0.05) is 44.5 Å². The molecular formula is C23H28N2O2. The van der Waals surface area contributed by atoms with Gasteiger partial charge in [-0.25, -0.2) is 0 Å². The molecule has 2 aromatic rings. The van der Waals surface area contributed by atoms with Gasteiger partial charge in [0.15, 0.2) is 5.78 Å². The molecule has 1 aliphatic rings. The minimum absolute atomic E-state index is 0.204. The van der Waals surface area contributed by atoms with E-state index in [-0.39, 0.29) is 11.7 Å². The van der Waals surface area contributed by atoms with Crippen LogP contribution < -0.4 is 15.0 Å². The Hall–Kier alpha value is -2.75. The summed E-state index contributed by atoms with van der Waals surface area (Å²) in [4.78, 5) is 14.3. The lowest BCUT2D eigenvalue weighted by atomic mass is 9.85. The molecule has 27 heavy (non-hydrogen) atoms. The van der Waals surface area contributed by atoms with Crippen LogP contribution in [0.2, 0.25) is 0 Å². The average Bonchev–Trinajstić information content (AvgIpc) is 2.68. The molecule has 0 unspecified atom stereocenters. The molecule has 4 heteroatoms. The van der Waals surface area contributed by atoms with Gasteiger partial charge >= 0.3 is 0 Å². The number of ether oxygens (including phenoxy) is 1. The van der Waals surface area contributed by atoms with Crippen molar-refractivity contribution in [2.75, 3.05) is 32.6 Å². The van der Waals surface area contributed by atoms with Crippen molar-refractivity contribution in [1.82, 2.24) is 5.32 Å². The number of nitrogens with one attached hydrogen (secondary N) is 1. The minimum Gasteiger partial charge on any atom is -0.497 e. The van der Waals surface area contributed by atoms with E-state index < -0.39 is 0 Å². The van der Waals surface area contributed by atoms with Crippen LogP contribution in [0.25, 0.3) is 0 Å². The van der Waals surface area contributed by atoms with Crippen molar-refractivity contribution in [2.24, 2.45) is 0 Å². The number of anilines is 1. The lowest BCUT2D eigenvalue weighted by Gasteiger charge is -2.24. The molecule has 0 bridgehead atoms. The fourth-order valence-corrected chi connectivity index (χ4v) is 3.46. The van der Waals surface area contributed by atoms with E-state index in [1.807, 2.05) is 26.2 Å². The molecule has 1 atom stereocenters. The van der Waals surface area contributed by atoms with Gasteiger partial charge in [0.2, 0.25) is 0 Å². The van der Waals surface area contributed by atoms with Crippen molar-refractivity contribution in [3.05, 3.63) is 71.4 Å². The van der Waals surface area contributed by atoms with Gasteiger partial charge < -0.3 is 15.0 Å². The molecule has 0 amide bonds. The summed E-state index contributed by atoms with van der Waals surface area (Å²) in [6.45, 7) is 0.817. The molecule has 0 saturated carbocycles. The monoisotopic (exact) mass is 364 g/mol. The Morgan fingerprint density at radius 3 is 2.37 bits per heavy atom. The summed E-state index contributed by atoms with van der Waals surface area (Å²) in [6.07, 6.45) is 4.16. The normalized spacial score (nSPS) is 16.6. The standard InChI is InChI=1S/C23H28N2O2/c1-25(2)21-8-6-18(7-9-21)19-14-20(16-22(26)15-19)24-13-12-17-4-10-23(27-3)11-5-17/h4-11,16,19,24H,12-15H2,1-3H3/t19-/m0/s1. The summed E-state index contributed by atoms with van der Waals surface area (Å²) in [5, 5.41) is 3.46. The maximum Gasteiger partial charge on any atom is 0.158 e. The lowest BCUT2D eigenvalue weighted by molar-refractivity contribution is -0.115. The largest absolute Gasteiger partial charge is 0.497 e. The number of nitrogens with zero attached hydrogens (tertiary/aromatic N) is 1. The maximum atomic E-state index is 12.2. The number of hydrogen-bond acceptors (Lipinski definition) is 4. The highest BCUT2D eigenvalue weighted by atomic mass is 16.5. The first kappa shape index (κ1) is 19.0. The van der Waals surface area contributed by atoms with Crippen LogP contribution in [-0.2, 0) is 11.2 Å². The molecule has 0 aromatic heterocycles.